The molecule has 1 fully saturated rings. The van der Waals surface area contributed by atoms with Crippen LogP contribution in [0.1, 0.15) is 25.6 Å². The van der Waals surface area contributed by atoms with E-state index in [0.717, 1.165) is 29.1 Å². The number of carbonyl (C=O) groups is 1. The SMILES string of the molecule is Cn1c(C(C)(F)F)nc(Oc2ccccc2)c1NC(=O)[C@H](/C=C/S(C)(=O)=O)C1CC1. The highest BCUT2D eigenvalue weighted by molar-refractivity contribution is 7.93. The lowest BCUT2D eigenvalue weighted by atomic mass is 10.0. The normalized spacial score (nSPS) is 15.9. The Kier molecular flexibility index (Phi) is 5.98. The topological polar surface area (TPSA) is 90.3 Å². The van der Waals surface area contributed by atoms with Gasteiger partial charge in [0.25, 0.3) is 5.88 Å². The number of hydrogen-bond donors (Lipinski definition) is 1. The summed E-state index contributed by atoms with van der Waals surface area (Å²) < 4.78 is 57.6. The maximum absolute atomic E-state index is 14.0. The molecule has 7 nitrogen and oxygen atoms in total. The van der Waals surface area contributed by atoms with Crippen molar-refractivity contribution in [3.8, 4) is 11.6 Å². The van der Waals surface area contributed by atoms with E-state index in [0.29, 0.717) is 12.7 Å². The van der Waals surface area contributed by atoms with Crippen LogP contribution >= 0.6 is 0 Å². The second-order valence-electron chi connectivity index (χ2n) is 7.46. The zero-order valence-corrected chi connectivity index (χ0v) is 17.6. The highest BCUT2D eigenvalue weighted by Gasteiger charge is 2.37. The van der Waals surface area contributed by atoms with Gasteiger partial charge in [0.1, 0.15) is 5.75 Å². The van der Waals surface area contributed by atoms with Gasteiger partial charge < -0.3 is 14.6 Å². The van der Waals surface area contributed by atoms with Gasteiger partial charge in [-0.1, -0.05) is 24.3 Å². The molecular weight excluding hydrogens is 416 g/mol. The molecular formula is C20H23F2N3O4S. The van der Waals surface area contributed by atoms with E-state index in [2.05, 4.69) is 10.3 Å². The van der Waals surface area contributed by atoms with Crippen LogP contribution in [0.25, 0.3) is 0 Å². The number of rotatable bonds is 8. The Hall–Kier alpha value is -2.75. The first kappa shape index (κ1) is 21.9. The second kappa shape index (κ2) is 8.17. The number of imidazole rings is 1. The van der Waals surface area contributed by atoms with E-state index >= 15 is 0 Å². The van der Waals surface area contributed by atoms with Gasteiger partial charge in [-0.05, 0) is 30.9 Å². The Labute approximate surface area is 173 Å². The van der Waals surface area contributed by atoms with Crippen molar-refractivity contribution in [1.29, 1.82) is 0 Å². The molecule has 0 saturated heterocycles. The van der Waals surface area contributed by atoms with Crippen LogP contribution in [0, 0.1) is 11.8 Å². The van der Waals surface area contributed by atoms with Crippen LogP contribution in [0.2, 0.25) is 0 Å². The zero-order chi connectivity index (χ0) is 22.1. The summed E-state index contributed by atoms with van der Waals surface area (Å²) in [6.07, 6.45) is 3.94. The number of carbonyl (C=O) groups excluding carboxylic acids is 1. The minimum absolute atomic E-state index is 0.00167. The van der Waals surface area contributed by atoms with E-state index in [1.54, 1.807) is 30.3 Å². The summed E-state index contributed by atoms with van der Waals surface area (Å²) in [5.74, 6) is -4.88. The molecule has 1 heterocycles. The lowest BCUT2D eigenvalue weighted by Gasteiger charge is -2.15. The number of para-hydroxylation sites is 1. The third-order valence-electron chi connectivity index (χ3n) is 4.62. The fraction of sp³-hybridized carbons (Fsp3) is 0.400. The number of nitrogens with one attached hydrogen (secondary N) is 1. The number of aromatic nitrogens is 2. The van der Waals surface area contributed by atoms with Crippen molar-refractivity contribution in [3.63, 3.8) is 0 Å². The Morgan fingerprint density at radius 1 is 1.33 bits per heavy atom. The minimum atomic E-state index is -3.41. The molecule has 0 bridgehead atoms. The van der Waals surface area contributed by atoms with Crippen LogP contribution in [-0.4, -0.2) is 30.1 Å². The van der Waals surface area contributed by atoms with Crippen molar-refractivity contribution >= 4 is 21.6 Å². The van der Waals surface area contributed by atoms with E-state index in [-0.39, 0.29) is 17.6 Å². The standard InChI is InChI=1S/C20H23F2N3O4S/c1-20(21,22)19-24-18(29-14-7-5-4-6-8-14)16(25(19)2)23-17(26)15(13-9-10-13)11-12-30(3,27)28/h4-8,11-13,15H,9-10H2,1-3H3,(H,23,26)/b12-11+/t15-/m1/s1. The Morgan fingerprint density at radius 2 is 1.97 bits per heavy atom. The van der Waals surface area contributed by atoms with Crippen LogP contribution in [0.3, 0.4) is 0 Å². The third-order valence-corrected chi connectivity index (χ3v) is 5.27. The molecule has 1 aromatic heterocycles. The molecule has 162 valence electrons. The van der Waals surface area contributed by atoms with Gasteiger partial charge in [-0.25, -0.2) is 8.42 Å². The van der Waals surface area contributed by atoms with Gasteiger partial charge in [-0.2, -0.15) is 13.8 Å². The average molecular weight is 439 g/mol. The van der Waals surface area contributed by atoms with Gasteiger partial charge in [0, 0.05) is 25.6 Å². The molecule has 3 rings (SSSR count). The monoisotopic (exact) mass is 439 g/mol. The number of amides is 1. The lowest BCUT2D eigenvalue weighted by Crippen LogP contribution is -2.25. The van der Waals surface area contributed by atoms with Crippen molar-refractivity contribution in [2.75, 3.05) is 11.6 Å². The maximum Gasteiger partial charge on any atom is 0.302 e. The molecule has 0 aliphatic heterocycles. The van der Waals surface area contributed by atoms with Crippen molar-refractivity contribution in [2.45, 2.75) is 25.7 Å². The molecule has 1 saturated carbocycles. The largest absolute Gasteiger partial charge is 0.436 e. The Balaban J connectivity index is 1.94. The van der Waals surface area contributed by atoms with E-state index in [9.17, 15) is 22.0 Å². The van der Waals surface area contributed by atoms with Crippen LogP contribution in [-0.2, 0) is 27.6 Å². The first-order chi connectivity index (χ1) is 14.0. The van der Waals surface area contributed by atoms with Crippen LogP contribution in [0.5, 0.6) is 11.6 Å². The number of ether oxygens (including phenoxy) is 1. The minimum Gasteiger partial charge on any atom is -0.436 e. The van der Waals surface area contributed by atoms with Crippen LogP contribution in [0.4, 0.5) is 14.6 Å². The Morgan fingerprint density at radius 3 is 2.50 bits per heavy atom. The smallest absolute Gasteiger partial charge is 0.302 e. The predicted octanol–water partition coefficient (Wildman–Crippen LogP) is 3.85. The summed E-state index contributed by atoms with van der Waals surface area (Å²) >= 11 is 0. The summed E-state index contributed by atoms with van der Waals surface area (Å²) in [5, 5.41) is 3.60. The van der Waals surface area contributed by atoms with E-state index in [1.165, 1.54) is 13.1 Å². The molecule has 0 unspecified atom stereocenters. The average Bonchev–Trinajstić information content (AvgIpc) is 3.42. The molecule has 1 N–H and O–H groups in total. The molecule has 1 aliphatic carbocycles. The van der Waals surface area contributed by atoms with Gasteiger partial charge in [-0.15, -0.1) is 0 Å². The number of nitrogens with zero attached hydrogens (tertiary/aromatic N) is 2. The summed E-state index contributed by atoms with van der Waals surface area (Å²) in [7, 11) is -2.05. The third kappa shape index (κ3) is 5.44. The van der Waals surface area contributed by atoms with Crippen molar-refractivity contribution in [1.82, 2.24) is 9.55 Å². The second-order valence-corrected chi connectivity index (χ2v) is 9.39. The van der Waals surface area contributed by atoms with E-state index < -0.39 is 33.4 Å². The molecule has 1 aromatic carbocycles. The fourth-order valence-electron chi connectivity index (χ4n) is 3.02. The van der Waals surface area contributed by atoms with Gasteiger partial charge >= 0.3 is 5.92 Å². The van der Waals surface area contributed by atoms with Gasteiger partial charge in [-0.3, -0.25) is 4.79 Å². The molecule has 10 heteroatoms. The van der Waals surface area contributed by atoms with Crippen molar-refractivity contribution in [2.24, 2.45) is 18.9 Å². The summed E-state index contributed by atoms with van der Waals surface area (Å²) in [6, 6.07) is 8.46. The van der Waals surface area contributed by atoms with Gasteiger partial charge in [0.05, 0.1) is 5.92 Å². The maximum atomic E-state index is 14.0. The molecule has 1 aliphatic rings. The summed E-state index contributed by atoms with van der Waals surface area (Å²) in [6.45, 7) is 0.703. The molecule has 2 aromatic rings. The number of alkyl halides is 2. The van der Waals surface area contributed by atoms with E-state index in [4.69, 9.17) is 4.74 Å². The van der Waals surface area contributed by atoms with Gasteiger partial charge in [0.2, 0.25) is 5.91 Å². The first-order valence-corrected chi connectivity index (χ1v) is 11.3. The number of benzene rings is 1. The predicted molar refractivity (Wildman–Crippen MR) is 108 cm³/mol. The zero-order valence-electron chi connectivity index (χ0n) is 16.8. The fourth-order valence-corrected chi connectivity index (χ4v) is 3.47. The quantitative estimate of drug-likeness (QED) is 0.675. The first-order valence-electron chi connectivity index (χ1n) is 9.33. The van der Waals surface area contributed by atoms with Crippen LogP contribution in [0.15, 0.2) is 41.8 Å². The number of halogens is 2. The number of hydrogen-bond acceptors (Lipinski definition) is 5. The highest BCUT2D eigenvalue weighted by Crippen LogP contribution is 2.40. The summed E-state index contributed by atoms with van der Waals surface area (Å²) in [5.41, 5.74) is 0. The highest BCUT2D eigenvalue weighted by atomic mass is 32.2. The number of sulfone groups is 1. The lowest BCUT2D eigenvalue weighted by molar-refractivity contribution is -0.119. The molecule has 0 radical (unpaired) electrons. The molecule has 30 heavy (non-hydrogen) atoms. The molecule has 0 spiro atoms. The summed E-state index contributed by atoms with van der Waals surface area (Å²) in [4.78, 5) is 16.8. The van der Waals surface area contributed by atoms with Crippen LogP contribution < -0.4 is 10.1 Å². The number of anilines is 1. The molecule has 1 amide bonds. The molecule has 1 atom stereocenters. The Bertz CT molecular complexity index is 1060. The van der Waals surface area contributed by atoms with E-state index in [1.807, 2.05) is 0 Å². The van der Waals surface area contributed by atoms with Crippen molar-refractivity contribution in [3.05, 3.63) is 47.6 Å². The van der Waals surface area contributed by atoms with Gasteiger partial charge in [0.15, 0.2) is 21.5 Å². The van der Waals surface area contributed by atoms with Crippen molar-refractivity contribution < 1.29 is 26.7 Å².